The van der Waals surface area contributed by atoms with Gasteiger partial charge in [-0.05, 0) is 55.9 Å². The van der Waals surface area contributed by atoms with Gasteiger partial charge in [0.25, 0.3) is 5.91 Å². The molecule has 1 aliphatic heterocycles. The minimum atomic E-state index is -0.236. The topological polar surface area (TPSA) is 93.7 Å². The molecule has 186 valence electrons. The number of ether oxygens (including phenoxy) is 2. The molecule has 1 N–H and O–H groups in total. The van der Waals surface area contributed by atoms with Crippen molar-refractivity contribution in [1.82, 2.24) is 15.1 Å². The van der Waals surface area contributed by atoms with Crippen LogP contribution in [0.1, 0.15) is 56.0 Å². The van der Waals surface area contributed by atoms with Crippen LogP contribution in [-0.4, -0.2) is 51.0 Å². The summed E-state index contributed by atoms with van der Waals surface area (Å²) in [5.41, 5.74) is 0.819. The van der Waals surface area contributed by atoms with Crippen LogP contribution in [0, 0.1) is 0 Å². The van der Waals surface area contributed by atoms with Crippen molar-refractivity contribution < 1.29 is 19.1 Å². The molecule has 2 aromatic rings. The smallest absolute Gasteiger partial charge is 0.266 e. The molecule has 0 atom stereocenters. The quantitative estimate of drug-likeness (QED) is 0.354. The van der Waals surface area contributed by atoms with E-state index in [0.29, 0.717) is 20.1 Å². The van der Waals surface area contributed by atoms with Gasteiger partial charge in [-0.15, -0.1) is 10.2 Å². The van der Waals surface area contributed by atoms with Gasteiger partial charge in [0, 0.05) is 13.0 Å². The Kier molecular flexibility index (Phi) is 8.74. The molecule has 2 fully saturated rings. The Labute approximate surface area is 218 Å². The molecule has 2 amide bonds. The highest BCUT2D eigenvalue weighted by Crippen LogP contribution is 2.36. The van der Waals surface area contributed by atoms with Gasteiger partial charge in [-0.25, -0.2) is 0 Å². The molecule has 0 unspecified atom stereocenters. The van der Waals surface area contributed by atoms with Crippen LogP contribution >= 0.6 is 35.3 Å². The van der Waals surface area contributed by atoms with Crippen LogP contribution in [0.25, 0.3) is 6.08 Å². The minimum absolute atomic E-state index is 0.113. The predicted molar refractivity (Wildman–Crippen MR) is 143 cm³/mol. The normalized spacial score (nSPS) is 17.8. The first-order valence-electron chi connectivity index (χ1n) is 11.7. The number of thioether (sulfide) groups is 1. The second kappa shape index (κ2) is 12.0. The Morgan fingerprint density at radius 1 is 1.26 bits per heavy atom. The van der Waals surface area contributed by atoms with E-state index in [1.165, 1.54) is 47.3 Å². The van der Waals surface area contributed by atoms with E-state index < -0.39 is 0 Å². The van der Waals surface area contributed by atoms with Crippen molar-refractivity contribution in [2.75, 3.05) is 19.0 Å². The van der Waals surface area contributed by atoms with Gasteiger partial charge in [0.2, 0.25) is 11.0 Å². The number of aryl methyl sites for hydroxylation is 1. The third-order valence-electron chi connectivity index (χ3n) is 5.78. The van der Waals surface area contributed by atoms with E-state index in [0.717, 1.165) is 35.6 Å². The zero-order valence-corrected chi connectivity index (χ0v) is 22.2. The summed E-state index contributed by atoms with van der Waals surface area (Å²) in [4.78, 5) is 27.2. The number of aromatic nitrogens is 2. The fourth-order valence-electron chi connectivity index (χ4n) is 3.92. The number of nitrogens with one attached hydrogen (secondary N) is 1. The minimum Gasteiger partial charge on any atom is -0.493 e. The summed E-state index contributed by atoms with van der Waals surface area (Å²) < 4.78 is 12.2. The Morgan fingerprint density at radius 3 is 2.77 bits per heavy atom. The molecular weight excluding hydrogens is 504 g/mol. The molecule has 1 saturated heterocycles. The average molecular weight is 533 g/mol. The zero-order chi connectivity index (χ0) is 24.8. The Bertz CT molecular complexity index is 1130. The monoisotopic (exact) mass is 532 g/mol. The predicted octanol–water partition coefficient (Wildman–Crippen LogP) is 5.05. The lowest BCUT2D eigenvalue weighted by atomic mass is 9.98. The molecule has 1 aromatic carbocycles. The van der Waals surface area contributed by atoms with Gasteiger partial charge in [-0.1, -0.05) is 54.7 Å². The number of carbonyl (C=O) groups is 2. The number of anilines is 1. The van der Waals surface area contributed by atoms with E-state index >= 15 is 0 Å². The Morgan fingerprint density at radius 2 is 2.06 bits per heavy atom. The molecule has 0 radical (unpaired) electrons. The molecule has 1 aliphatic carbocycles. The standard InChI is InChI=1S/C24H28N4O4S3/c1-3-21-26-27-23(35-21)25-20(29)11-12-28-22(30)19(34-24(28)33)14-15-9-10-17(18(13-15)31-2)32-16-7-5-4-6-8-16/h9-10,13-14,16H,3-8,11-12H2,1-2H3,(H,25,27,29)/b19-14-. The van der Waals surface area contributed by atoms with Crippen LogP contribution in [0.5, 0.6) is 11.5 Å². The number of thiocarbonyl (C=S) groups is 1. The van der Waals surface area contributed by atoms with Gasteiger partial charge < -0.3 is 14.8 Å². The van der Waals surface area contributed by atoms with Crippen LogP contribution in [0.3, 0.4) is 0 Å². The van der Waals surface area contributed by atoms with Gasteiger partial charge in [0.15, 0.2) is 11.5 Å². The van der Waals surface area contributed by atoms with Gasteiger partial charge in [0.1, 0.15) is 9.33 Å². The molecule has 11 heteroatoms. The molecule has 35 heavy (non-hydrogen) atoms. The van der Waals surface area contributed by atoms with Crippen molar-refractivity contribution >= 4 is 62.7 Å². The second-order valence-electron chi connectivity index (χ2n) is 8.27. The number of amides is 2. The highest BCUT2D eigenvalue weighted by atomic mass is 32.2. The van der Waals surface area contributed by atoms with Crippen LogP contribution in [0.2, 0.25) is 0 Å². The summed E-state index contributed by atoms with van der Waals surface area (Å²) in [6.07, 6.45) is 8.66. The molecule has 1 saturated carbocycles. The van der Waals surface area contributed by atoms with Crippen molar-refractivity contribution in [3.63, 3.8) is 0 Å². The summed E-state index contributed by atoms with van der Waals surface area (Å²) >= 11 is 7.97. The van der Waals surface area contributed by atoms with Crippen LogP contribution in [-0.2, 0) is 16.0 Å². The van der Waals surface area contributed by atoms with E-state index in [2.05, 4.69) is 15.5 Å². The molecule has 4 rings (SSSR count). The van der Waals surface area contributed by atoms with Crippen LogP contribution < -0.4 is 14.8 Å². The maximum Gasteiger partial charge on any atom is 0.266 e. The van der Waals surface area contributed by atoms with Crippen molar-refractivity contribution in [3.05, 3.63) is 33.7 Å². The fraction of sp³-hybridized carbons (Fsp3) is 0.458. The Hall–Kier alpha value is -2.50. The van der Waals surface area contributed by atoms with Crippen molar-refractivity contribution in [1.29, 1.82) is 0 Å². The van der Waals surface area contributed by atoms with Crippen molar-refractivity contribution in [2.45, 2.75) is 58.0 Å². The second-order valence-corrected chi connectivity index (χ2v) is 11.0. The van der Waals surface area contributed by atoms with E-state index in [1.807, 2.05) is 25.1 Å². The van der Waals surface area contributed by atoms with E-state index in [4.69, 9.17) is 21.7 Å². The van der Waals surface area contributed by atoms with Gasteiger partial charge >= 0.3 is 0 Å². The number of hydrogen-bond donors (Lipinski definition) is 1. The summed E-state index contributed by atoms with van der Waals surface area (Å²) in [5.74, 6) is 0.912. The number of methoxy groups -OCH3 is 1. The molecule has 0 spiro atoms. The summed E-state index contributed by atoms with van der Waals surface area (Å²) in [7, 11) is 1.61. The Balaban J connectivity index is 1.37. The first kappa shape index (κ1) is 25.6. The summed E-state index contributed by atoms with van der Waals surface area (Å²) in [6, 6.07) is 5.67. The third-order valence-corrected chi connectivity index (χ3v) is 8.14. The van der Waals surface area contributed by atoms with E-state index in [1.54, 1.807) is 13.2 Å². The lowest BCUT2D eigenvalue weighted by Crippen LogP contribution is -2.31. The number of nitrogens with zero attached hydrogens (tertiary/aromatic N) is 3. The SMILES string of the molecule is CCc1nnc(NC(=O)CCN2C(=O)/C(=C/c3ccc(OC4CCCCC4)c(OC)c3)SC2=S)s1. The molecular formula is C24H28N4O4S3. The average Bonchev–Trinajstić information content (AvgIpc) is 3.42. The molecule has 8 nitrogen and oxygen atoms in total. The maximum atomic E-state index is 13.0. The highest BCUT2D eigenvalue weighted by molar-refractivity contribution is 8.26. The van der Waals surface area contributed by atoms with Crippen LogP contribution in [0.4, 0.5) is 5.13 Å². The van der Waals surface area contributed by atoms with Gasteiger partial charge in [-0.2, -0.15) is 0 Å². The lowest BCUT2D eigenvalue weighted by Gasteiger charge is -2.24. The van der Waals surface area contributed by atoms with E-state index in [9.17, 15) is 9.59 Å². The van der Waals surface area contributed by atoms with E-state index in [-0.39, 0.29) is 30.9 Å². The molecule has 1 aromatic heterocycles. The third kappa shape index (κ3) is 6.59. The maximum absolute atomic E-state index is 13.0. The fourth-order valence-corrected chi connectivity index (χ4v) is 5.92. The summed E-state index contributed by atoms with van der Waals surface area (Å²) in [6.45, 7) is 2.18. The molecule has 2 aliphatic rings. The van der Waals surface area contributed by atoms with Crippen molar-refractivity contribution in [2.24, 2.45) is 0 Å². The first-order valence-corrected chi connectivity index (χ1v) is 13.7. The number of rotatable bonds is 9. The largest absolute Gasteiger partial charge is 0.493 e. The van der Waals surface area contributed by atoms with Crippen molar-refractivity contribution in [3.8, 4) is 11.5 Å². The summed E-state index contributed by atoms with van der Waals surface area (Å²) in [5, 5.41) is 12.0. The molecule has 2 heterocycles. The molecule has 0 bridgehead atoms. The lowest BCUT2D eigenvalue weighted by molar-refractivity contribution is -0.122. The number of hydrogen-bond acceptors (Lipinski definition) is 9. The van der Waals surface area contributed by atoms with Gasteiger partial charge in [0.05, 0.1) is 18.1 Å². The number of carbonyl (C=O) groups excluding carboxylic acids is 2. The highest BCUT2D eigenvalue weighted by Gasteiger charge is 2.32. The number of benzene rings is 1. The first-order chi connectivity index (χ1) is 17.0. The van der Waals surface area contributed by atoms with Gasteiger partial charge in [-0.3, -0.25) is 14.5 Å². The zero-order valence-electron chi connectivity index (χ0n) is 19.7. The van der Waals surface area contributed by atoms with Crippen LogP contribution in [0.15, 0.2) is 23.1 Å².